The summed E-state index contributed by atoms with van der Waals surface area (Å²) in [4.78, 5) is 26.1. The lowest BCUT2D eigenvalue weighted by atomic mass is 9.88. The quantitative estimate of drug-likeness (QED) is 0.204. The van der Waals surface area contributed by atoms with E-state index in [9.17, 15) is 41.0 Å². The largest absolute Gasteiger partial charge is 0.493 e. The number of carboxylic acids is 1. The number of fused-ring (bicyclic) bond motifs is 1. The van der Waals surface area contributed by atoms with Crippen molar-refractivity contribution >= 4 is 12.1 Å². The van der Waals surface area contributed by atoms with Crippen molar-refractivity contribution in [1.29, 1.82) is 0 Å². The Labute approximate surface area is 275 Å². The molecular formula is C36H28F7NO5. The van der Waals surface area contributed by atoms with E-state index >= 15 is 4.39 Å². The average molecular weight is 688 g/mol. The number of carboxylic acid groups (broad SMARTS) is 1. The van der Waals surface area contributed by atoms with Gasteiger partial charge in [-0.3, -0.25) is 4.90 Å². The van der Waals surface area contributed by atoms with Crippen LogP contribution in [-0.4, -0.2) is 35.2 Å². The Morgan fingerprint density at radius 3 is 2.18 bits per heavy atom. The molecule has 0 spiro atoms. The van der Waals surface area contributed by atoms with Crippen molar-refractivity contribution < 1.29 is 54.9 Å². The zero-order valence-electron chi connectivity index (χ0n) is 26.2. The van der Waals surface area contributed by atoms with Gasteiger partial charge in [0.15, 0.2) is 11.6 Å². The minimum atomic E-state index is -4.78. The summed E-state index contributed by atoms with van der Waals surface area (Å²) >= 11 is 0. The maximum absolute atomic E-state index is 15.7. The van der Waals surface area contributed by atoms with E-state index in [1.807, 2.05) is 0 Å². The Kier molecular flexibility index (Phi) is 8.36. The first kappa shape index (κ1) is 33.8. The number of aromatic carboxylic acids is 1. The van der Waals surface area contributed by atoms with Crippen LogP contribution in [0.15, 0.2) is 66.7 Å². The van der Waals surface area contributed by atoms with Gasteiger partial charge in [-0.05, 0) is 109 Å². The Hall–Kier alpha value is -5.07. The summed E-state index contributed by atoms with van der Waals surface area (Å²) in [5, 5.41) is 9.37. The molecule has 6 nitrogen and oxygen atoms in total. The third kappa shape index (κ3) is 6.17. The first-order valence-corrected chi connectivity index (χ1v) is 15.1. The van der Waals surface area contributed by atoms with Gasteiger partial charge in [0, 0.05) is 5.56 Å². The summed E-state index contributed by atoms with van der Waals surface area (Å²) in [6.45, 7) is 3.11. The highest BCUT2D eigenvalue weighted by Gasteiger charge is 2.51. The van der Waals surface area contributed by atoms with E-state index in [4.69, 9.17) is 9.47 Å². The van der Waals surface area contributed by atoms with Crippen LogP contribution in [0.5, 0.6) is 5.75 Å². The van der Waals surface area contributed by atoms with Gasteiger partial charge in [-0.2, -0.15) is 26.3 Å². The molecule has 2 saturated heterocycles. The van der Waals surface area contributed by atoms with Crippen LogP contribution in [0.3, 0.4) is 0 Å². The molecule has 256 valence electrons. The molecule has 1 N–H and O–H groups in total. The number of alkyl halides is 6. The van der Waals surface area contributed by atoms with Crippen molar-refractivity contribution in [3.63, 3.8) is 0 Å². The highest BCUT2D eigenvalue weighted by molar-refractivity contribution is 5.89. The molecule has 1 amide bonds. The first-order chi connectivity index (χ1) is 23.0. The molecule has 2 fully saturated rings. The van der Waals surface area contributed by atoms with Crippen LogP contribution in [0.25, 0.3) is 22.3 Å². The number of amides is 1. The van der Waals surface area contributed by atoms with Gasteiger partial charge in [0.2, 0.25) is 0 Å². The van der Waals surface area contributed by atoms with E-state index in [1.54, 1.807) is 6.92 Å². The number of ether oxygens (including phenoxy) is 2. The van der Waals surface area contributed by atoms with E-state index in [2.05, 4.69) is 0 Å². The SMILES string of the molecule is COc1c(F)cc(-c2ccc(C(=O)O)cc2C)cc1-c1ccc(C(F)(F)F)cc1[C@@H]1CC[C@H]2[C@@H](c3cc(C)cc(C(F)(F)F)c3)OC(=O)N12. The Bertz CT molecular complexity index is 1990. The van der Waals surface area contributed by atoms with E-state index in [0.717, 1.165) is 24.3 Å². The molecular weight excluding hydrogens is 659 g/mol. The number of carbonyl (C=O) groups excluding carboxylic acids is 1. The molecule has 0 aliphatic carbocycles. The van der Waals surface area contributed by atoms with Gasteiger partial charge in [0.05, 0.1) is 35.9 Å². The van der Waals surface area contributed by atoms with E-state index < -0.39 is 59.5 Å². The van der Waals surface area contributed by atoms with Crippen LogP contribution >= 0.6 is 0 Å². The van der Waals surface area contributed by atoms with Gasteiger partial charge in [0.1, 0.15) is 6.10 Å². The molecule has 3 atom stereocenters. The average Bonchev–Trinajstić information content (AvgIpc) is 3.60. The molecule has 2 heterocycles. The number of hydrogen-bond donors (Lipinski definition) is 1. The maximum atomic E-state index is 15.7. The van der Waals surface area contributed by atoms with Crippen molar-refractivity contribution in [2.45, 2.75) is 57.2 Å². The third-order valence-corrected chi connectivity index (χ3v) is 9.03. The summed E-state index contributed by atoms with van der Waals surface area (Å²) in [6, 6.07) is 11.4. The number of carbonyl (C=O) groups is 2. The fourth-order valence-electron chi connectivity index (χ4n) is 6.92. The van der Waals surface area contributed by atoms with Crippen molar-refractivity contribution in [2.24, 2.45) is 0 Å². The van der Waals surface area contributed by atoms with Crippen molar-refractivity contribution in [3.05, 3.63) is 111 Å². The predicted octanol–water partition coefficient (Wildman–Crippen LogP) is 9.92. The van der Waals surface area contributed by atoms with Gasteiger partial charge >= 0.3 is 24.4 Å². The lowest BCUT2D eigenvalue weighted by molar-refractivity contribution is -0.138. The lowest BCUT2D eigenvalue weighted by Gasteiger charge is -2.26. The number of methoxy groups -OCH3 is 1. The standard InChI is InChI=1S/C36H28F7NO5/c1-17-10-21(13-23(11-17)36(41,42)43)31-30-9-8-29(44(30)34(47)49-31)26-16-22(35(38,39)40)5-7-25(26)27-14-20(15-28(37)32(27)48-3)24-6-4-19(33(45)46)12-18(24)2/h4-7,10-16,29-31H,8-9H2,1-3H3,(H,45,46)/t29-,30-,31+/m0/s1. The molecule has 6 rings (SSSR count). The van der Waals surface area contributed by atoms with E-state index in [1.165, 1.54) is 61.4 Å². The highest BCUT2D eigenvalue weighted by atomic mass is 19.4. The monoisotopic (exact) mass is 687 g/mol. The topological polar surface area (TPSA) is 76.1 Å². The zero-order chi connectivity index (χ0) is 35.6. The Balaban J connectivity index is 1.48. The summed E-state index contributed by atoms with van der Waals surface area (Å²) in [5.41, 5.74) is -0.0758. The molecule has 0 saturated carbocycles. The molecule has 49 heavy (non-hydrogen) atoms. The molecule has 4 aromatic rings. The van der Waals surface area contributed by atoms with E-state index in [0.29, 0.717) is 16.7 Å². The van der Waals surface area contributed by atoms with Gasteiger partial charge in [0.25, 0.3) is 0 Å². The lowest BCUT2D eigenvalue weighted by Crippen LogP contribution is -2.31. The van der Waals surface area contributed by atoms with Crippen molar-refractivity contribution in [1.82, 2.24) is 4.90 Å². The maximum Gasteiger partial charge on any atom is 0.416 e. The third-order valence-electron chi connectivity index (χ3n) is 9.03. The zero-order valence-corrected chi connectivity index (χ0v) is 26.2. The number of cyclic esters (lactones) is 1. The molecule has 2 aliphatic heterocycles. The number of rotatable bonds is 6. The summed E-state index contributed by atoms with van der Waals surface area (Å²) in [6.07, 6.45) is -11.1. The number of aryl methyl sites for hydroxylation is 2. The number of halogens is 7. The van der Waals surface area contributed by atoms with Crippen LogP contribution in [0.1, 0.15) is 68.7 Å². The molecule has 13 heteroatoms. The molecule has 0 aromatic heterocycles. The minimum absolute atomic E-state index is 0.00682. The van der Waals surface area contributed by atoms with Gasteiger partial charge < -0.3 is 14.6 Å². The fraction of sp³-hybridized carbons (Fsp3) is 0.278. The van der Waals surface area contributed by atoms with Crippen LogP contribution in [-0.2, 0) is 17.1 Å². The van der Waals surface area contributed by atoms with Crippen molar-refractivity contribution in [2.75, 3.05) is 7.11 Å². The highest BCUT2D eigenvalue weighted by Crippen LogP contribution is 2.51. The first-order valence-electron chi connectivity index (χ1n) is 15.1. The van der Waals surface area contributed by atoms with Gasteiger partial charge in [-0.25, -0.2) is 14.0 Å². The Morgan fingerprint density at radius 2 is 1.55 bits per heavy atom. The Morgan fingerprint density at radius 1 is 0.857 bits per heavy atom. The number of benzene rings is 4. The van der Waals surface area contributed by atoms with Crippen LogP contribution in [0, 0.1) is 19.7 Å². The molecule has 0 bridgehead atoms. The van der Waals surface area contributed by atoms with E-state index in [-0.39, 0.29) is 52.0 Å². The normalized spacial score (nSPS) is 19.2. The summed E-state index contributed by atoms with van der Waals surface area (Å²) in [5.74, 6) is -2.28. The smallest absolute Gasteiger partial charge is 0.416 e. The van der Waals surface area contributed by atoms with Crippen LogP contribution < -0.4 is 4.74 Å². The second-order valence-corrected chi connectivity index (χ2v) is 12.2. The number of nitrogens with zero attached hydrogens (tertiary/aromatic N) is 1. The molecule has 4 aromatic carbocycles. The summed E-state index contributed by atoms with van der Waals surface area (Å²) in [7, 11) is 1.20. The van der Waals surface area contributed by atoms with Crippen LogP contribution in [0.4, 0.5) is 35.5 Å². The second-order valence-electron chi connectivity index (χ2n) is 12.2. The molecule has 0 radical (unpaired) electrons. The predicted molar refractivity (Wildman–Crippen MR) is 164 cm³/mol. The second kappa shape index (κ2) is 12.1. The summed E-state index contributed by atoms with van der Waals surface area (Å²) < 4.78 is 110. The fourth-order valence-corrected chi connectivity index (χ4v) is 6.92. The van der Waals surface area contributed by atoms with Crippen molar-refractivity contribution in [3.8, 4) is 28.0 Å². The van der Waals surface area contributed by atoms with Crippen LogP contribution in [0.2, 0.25) is 0 Å². The molecule has 2 aliphatic rings. The van der Waals surface area contributed by atoms with Gasteiger partial charge in [-0.1, -0.05) is 23.8 Å². The number of hydrogen-bond acceptors (Lipinski definition) is 4. The van der Waals surface area contributed by atoms with Gasteiger partial charge in [-0.15, -0.1) is 0 Å². The minimum Gasteiger partial charge on any atom is -0.493 e. The molecule has 0 unspecified atom stereocenters.